The van der Waals surface area contributed by atoms with Crippen molar-refractivity contribution >= 4 is 12.0 Å². The van der Waals surface area contributed by atoms with Gasteiger partial charge in [-0.25, -0.2) is 0 Å². The highest BCUT2D eigenvalue weighted by Gasteiger charge is 2.26. The number of aromatic amines is 1. The van der Waals surface area contributed by atoms with E-state index in [0.717, 1.165) is 36.2 Å². The van der Waals surface area contributed by atoms with Gasteiger partial charge in [-0.1, -0.05) is 29.8 Å². The first-order valence-corrected chi connectivity index (χ1v) is 8.03. The zero-order valence-corrected chi connectivity index (χ0v) is 13.6. The summed E-state index contributed by atoms with van der Waals surface area (Å²) >= 11 is 0. The van der Waals surface area contributed by atoms with Crippen LogP contribution < -0.4 is 0 Å². The summed E-state index contributed by atoms with van der Waals surface area (Å²) in [5.41, 5.74) is 4.00. The number of H-pyrrole nitrogens is 1. The normalized spacial score (nSPS) is 19.0. The maximum atomic E-state index is 12.7. The van der Waals surface area contributed by atoms with Crippen LogP contribution in [0.1, 0.15) is 42.5 Å². The predicted molar refractivity (Wildman–Crippen MR) is 89.8 cm³/mol. The van der Waals surface area contributed by atoms with Gasteiger partial charge in [0.1, 0.15) is 0 Å². The van der Waals surface area contributed by atoms with Gasteiger partial charge < -0.3 is 4.90 Å². The highest BCUT2D eigenvalue weighted by molar-refractivity contribution is 5.97. The standard InChI is InChI=1S/C18H22N4O/c1-13-5-7-15(8-6-13)10-14(2)18(23)22-9-3-4-16(12-22)17-11-19-21-20-17/h5-8,10-11,16H,3-4,9,12H2,1-2H3,(H,19,20,21)/t16-/m0/s1. The first kappa shape index (κ1) is 15.5. The van der Waals surface area contributed by atoms with Gasteiger partial charge in [0, 0.05) is 24.6 Å². The third kappa shape index (κ3) is 3.67. The second-order valence-electron chi connectivity index (χ2n) is 6.22. The number of carbonyl (C=O) groups is 1. The second-order valence-corrected chi connectivity index (χ2v) is 6.22. The molecule has 2 aromatic rings. The van der Waals surface area contributed by atoms with E-state index in [1.54, 1.807) is 6.20 Å². The first-order chi connectivity index (χ1) is 11.1. The minimum absolute atomic E-state index is 0.110. The number of rotatable bonds is 3. The molecule has 0 saturated carbocycles. The Labute approximate surface area is 136 Å². The van der Waals surface area contributed by atoms with E-state index in [4.69, 9.17) is 0 Å². The van der Waals surface area contributed by atoms with Crippen molar-refractivity contribution in [3.05, 3.63) is 52.9 Å². The fourth-order valence-corrected chi connectivity index (χ4v) is 3.03. The molecule has 1 atom stereocenters. The molecule has 5 nitrogen and oxygen atoms in total. The smallest absolute Gasteiger partial charge is 0.249 e. The highest BCUT2D eigenvalue weighted by atomic mass is 16.2. The molecule has 120 valence electrons. The fraction of sp³-hybridized carbons (Fsp3) is 0.389. The van der Waals surface area contributed by atoms with Crippen LogP contribution in [0.5, 0.6) is 0 Å². The number of aromatic nitrogens is 3. The van der Waals surface area contributed by atoms with E-state index in [1.165, 1.54) is 5.56 Å². The molecule has 2 heterocycles. The summed E-state index contributed by atoms with van der Waals surface area (Å²) in [6.45, 7) is 5.47. The van der Waals surface area contributed by atoms with E-state index in [0.29, 0.717) is 6.54 Å². The van der Waals surface area contributed by atoms with E-state index < -0.39 is 0 Å². The Kier molecular flexibility index (Phi) is 4.55. The Balaban J connectivity index is 1.70. The van der Waals surface area contributed by atoms with Gasteiger partial charge in [-0.05, 0) is 38.3 Å². The average Bonchev–Trinajstić information content (AvgIpc) is 3.11. The molecule has 0 spiro atoms. The zero-order valence-electron chi connectivity index (χ0n) is 13.6. The summed E-state index contributed by atoms with van der Waals surface area (Å²) in [7, 11) is 0. The maximum Gasteiger partial charge on any atom is 0.249 e. The monoisotopic (exact) mass is 310 g/mol. The summed E-state index contributed by atoms with van der Waals surface area (Å²) in [6.07, 6.45) is 5.77. The van der Waals surface area contributed by atoms with Crippen molar-refractivity contribution in [2.24, 2.45) is 0 Å². The number of carbonyl (C=O) groups excluding carboxylic acids is 1. The van der Waals surface area contributed by atoms with Gasteiger partial charge in [0.25, 0.3) is 0 Å². The van der Waals surface area contributed by atoms with Gasteiger partial charge in [-0.2, -0.15) is 15.4 Å². The Morgan fingerprint density at radius 1 is 1.35 bits per heavy atom. The molecule has 0 bridgehead atoms. The molecule has 1 N–H and O–H groups in total. The van der Waals surface area contributed by atoms with E-state index in [2.05, 4.69) is 34.5 Å². The molecule has 0 unspecified atom stereocenters. The third-order valence-electron chi connectivity index (χ3n) is 4.36. The Bertz CT molecular complexity index is 688. The van der Waals surface area contributed by atoms with E-state index in [-0.39, 0.29) is 11.8 Å². The lowest BCUT2D eigenvalue weighted by molar-refractivity contribution is -0.128. The number of aryl methyl sites for hydroxylation is 1. The van der Waals surface area contributed by atoms with Crippen molar-refractivity contribution in [3.63, 3.8) is 0 Å². The largest absolute Gasteiger partial charge is 0.338 e. The molecular formula is C18H22N4O. The lowest BCUT2D eigenvalue weighted by Gasteiger charge is -2.32. The lowest BCUT2D eigenvalue weighted by Crippen LogP contribution is -2.39. The minimum Gasteiger partial charge on any atom is -0.338 e. The number of piperidine rings is 1. The molecular weight excluding hydrogens is 288 g/mol. The topological polar surface area (TPSA) is 61.9 Å². The van der Waals surface area contributed by atoms with Crippen LogP contribution in [0.3, 0.4) is 0 Å². The molecule has 23 heavy (non-hydrogen) atoms. The molecule has 0 radical (unpaired) electrons. The zero-order chi connectivity index (χ0) is 16.2. The quantitative estimate of drug-likeness (QED) is 0.887. The number of hydrogen-bond donors (Lipinski definition) is 1. The van der Waals surface area contributed by atoms with Crippen molar-refractivity contribution in [2.75, 3.05) is 13.1 Å². The summed E-state index contributed by atoms with van der Waals surface area (Å²) in [5, 5.41) is 10.7. The molecule has 1 aromatic carbocycles. The molecule has 1 fully saturated rings. The summed E-state index contributed by atoms with van der Waals surface area (Å²) in [5.74, 6) is 0.386. The van der Waals surface area contributed by atoms with E-state index in [1.807, 2.05) is 30.0 Å². The van der Waals surface area contributed by atoms with Crippen LogP contribution in [0.15, 0.2) is 36.0 Å². The van der Waals surface area contributed by atoms with Gasteiger partial charge in [0.05, 0.1) is 11.9 Å². The summed E-state index contributed by atoms with van der Waals surface area (Å²) < 4.78 is 0. The van der Waals surface area contributed by atoms with Gasteiger partial charge in [0.15, 0.2) is 0 Å². The molecule has 1 aliphatic heterocycles. The lowest BCUT2D eigenvalue weighted by atomic mass is 9.94. The number of hydrogen-bond acceptors (Lipinski definition) is 3. The average molecular weight is 310 g/mol. The summed E-state index contributed by atoms with van der Waals surface area (Å²) in [4.78, 5) is 14.6. The van der Waals surface area contributed by atoms with Crippen LogP contribution in [0.4, 0.5) is 0 Å². The van der Waals surface area contributed by atoms with Crippen molar-refractivity contribution < 1.29 is 4.79 Å². The number of nitrogens with zero attached hydrogens (tertiary/aromatic N) is 3. The SMILES string of the molecule is CC(=Cc1ccc(C)cc1)C(=O)N1CCC[C@H](c2cn[nH]n2)C1. The number of likely N-dealkylation sites (tertiary alicyclic amines) is 1. The van der Waals surface area contributed by atoms with Crippen LogP contribution in [-0.4, -0.2) is 39.3 Å². The molecule has 0 aliphatic carbocycles. The van der Waals surface area contributed by atoms with Crippen molar-refractivity contribution in [3.8, 4) is 0 Å². The molecule has 1 amide bonds. The third-order valence-corrected chi connectivity index (χ3v) is 4.36. The molecule has 1 aliphatic rings. The second kappa shape index (κ2) is 6.77. The van der Waals surface area contributed by atoms with Gasteiger partial charge in [0.2, 0.25) is 5.91 Å². The molecule has 1 aromatic heterocycles. The van der Waals surface area contributed by atoms with Gasteiger partial charge >= 0.3 is 0 Å². The van der Waals surface area contributed by atoms with Crippen LogP contribution in [0, 0.1) is 6.92 Å². The van der Waals surface area contributed by atoms with E-state index in [9.17, 15) is 4.79 Å². The Morgan fingerprint density at radius 2 is 2.13 bits per heavy atom. The van der Waals surface area contributed by atoms with Crippen molar-refractivity contribution in [2.45, 2.75) is 32.6 Å². The maximum absolute atomic E-state index is 12.7. The number of benzene rings is 1. The predicted octanol–water partition coefficient (Wildman–Crippen LogP) is 2.92. The van der Waals surface area contributed by atoms with Crippen molar-refractivity contribution in [1.29, 1.82) is 0 Å². The minimum atomic E-state index is 0.110. The summed E-state index contributed by atoms with van der Waals surface area (Å²) in [6, 6.07) is 8.21. The number of amides is 1. The molecule has 3 rings (SSSR count). The van der Waals surface area contributed by atoms with Gasteiger partial charge in [-0.3, -0.25) is 4.79 Å². The van der Waals surface area contributed by atoms with Crippen LogP contribution in [0.25, 0.3) is 6.08 Å². The van der Waals surface area contributed by atoms with Gasteiger partial charge in [-0.15, -0.1) is 0 Å². The van der Waals surface area contributed by atoms with Crippen molar-refractivity contribution in [1.82, 2.24) is 20.3 Å². The molecule has 1 saturated heterocycles. The van der Waals surface area contributed by atoms with Crippen LogP contribution in [-0.2, 0) is 4.79 Å². The highest BCUT2D eigenvalue weighted by Crippen LogP contribution is 2.26. The van der Waals surface area contributed by atoms with Crippen LogP contribution >= 0.6 is 0 Å². The fourth-order valence-electron chi connectivity index (χ4n) is 3.03. The Hall–Kier alpha value is -2.43. The Morgan fingerprint density at radius 3 is 2.83 bits per heavy atom. The molecule has 5 heteroatoms. The first-order valence-electron chi connectivity index (χ1n) is 8.03. The number of nitrogens with one attached hydrogen (secondary N) is 1. The van der Waals surface area contributed by atoms with Crippen LogP contribution in [0.2, 0.25) is 0 Å². The van der Waals surface area contributed by atoms with E-state index >= 15 is 0 Å².